The molecular formula is C24H38CdO8. The van der Waals surface area contributed by atoms with Crippen LogP contribution in [0, 0.1) is 11.8 Å². The first kappa shape index (κ1) is 35.9. The van der Waals surface area contributed by atoms with Gasteiger partial charge in [-0.15, -0.1) is 0 Å². The van der Waals surface area contributed by atoms with Crippen LogP contribution >= 0.6 is 0 Å². The maximum atomic E-state index is 11.0. The molecule has 0 saturated carbocycles. The minimum Gasteiger partial charge on any atom is -0.545 e. The zero-order valence-corrected chi connectivity index (χ0v) is 24.5. The summed E-state index contributed by atoms with van der Waals surface area (Å²) in [4.78, 5) is 42.2. The number of esters is 2. The topological polar surface area (TPSA) is 133 Å². The first-order chi connectivity index (χ1) is 15.2. The monoisotopic (exact) mass is 568 g/mol. The van der Waals surface area contributed by atoms with Crippen LogP contribution in [0.4, 0.5) is 0 Å². The van der Waals surface area contributed by atoms with Gasteiger partial charge in [-0.25, -0.2) is 9.59 Å². The summed E-state index contributed by atoms with van der Waals surface area (Å²) in [6.45, 7) is 9.03. The van der Waals surface area contributed by atoms with Gasteiger partial charge in [0.25, 0.3) is 0 Å². The minimum atomic E-state index is -1.39. The van der Waals surface area contributed by atoms with Gasteiger partial charge in [0, 0.05) is 12.2 Å². The molecule has 0 saturated heterocycles. The van der Waals surface area contributed by atoms with Crippen molar-refractivity contribution >= 4 is 23.9 Å². The SMILES string of the molecule is CCCCC(CC)COC(=O)/C=C\C(=O)[O-].CCCCC(CC)COC(=O)/C=C\C(=O)[O-].[Cd+2]. The fourth-order valence-corrected chi connectivity index (χ4v) is 2.56. The predicted molar refractivity (Wildman–Crippen MR) is 117 cm³/mol. The third-order valence-electron chi connectivity index (χ3n) is 4.72. The summed E-state index contributed by atoms with van der Waals surface area (Å²) in [6, 6.07) is 0. The van der Waals surface area contributed by atoms with Gasteiger partial charge in [-0.05, 0) is 36.8 Å². The summed E-state index contributed by atoms with van der Waals surface area (Å²) in [5.41, 5.74) is 0. The van der Waals surface area contributed by atoms with Crippen molar-refractivity contribution in [2.75, 3.05) is 13.2 Å². The van der Waals surface area contributed by atoms with E-state index in [9.17, 15) is 29.4 Å². The van der Waals surface area contributed by atoms with E-state index in [-0.39, 0.29) is 27.3 Å². The van der Waals surface area contributed by atoms with Crippen LogP contribution in [0.3, 0.4) is 0 Å². The van der Waals surface area contributed by atoms with Crippen molar-refractivity contribution in [3.63, 3.8) is 0 Å². The number of carboxylic acids is 2. The summed E-state index contributed by atoms with van der Waals surface area (Å²) in [6.07, 6.45) is 11.6. The van der Waals surface area contributed by atoms with Crippen LogP contribution in [0.2, 0.25) is 0 Å². The number of carbonyl (C=O) groups excluding carboxylic acids is 4. The molecule has 0 aliphatic carbocycles. The summed E-state index contributed by atoms with van der Waals surface area (Å²) < 4.78 is 9.85. The van der Waals surface area contributed by atoms with Gasteiger partial charge in [0.2, 0.25) is 0 Å². The van der Waals surface area contributed by atoms with E-state index in [2.05, 4.69) is 13.8 Å². The van der Waals surface area contributed by atoms with E-state index in [4.69, 9.17) is 9.47 Å². The number of aliphatic carboxylic acids is 2. The van der Waals surface area contributed by atoms with Gasteiger partial charge in [-0.2, -0.15) is 0 Å². The van der Waals surface area contributed by atoms with E-state index in [1.54, 1.807) is 0 Å². The molecule has 0 amide bonds. The average Bonchev–Trinajstić information content (AvgIpc) is 2.76. The fourth-order valence-electron chi connectivity index (χ4n) is 2.56. The molecule has 0 radical (unpaired) electrons. The molecule has 184 valence electrons. The number of unbranched alkanes of at least 4 members (excludes halogenated alkanes) is 2. The van der Waals surface area contributed by atoms with Crippen molar-refractivity contribution in [1.82, 2.24) is 0 Å². The molecule has 0 aromatic carbocycles. The molecule has 0 aliphatic rings. The Kier molecular flexibility index (Phi) is 27.1. The smallest absolute Gasteiger partial charge is 0.545 e. The zero-order valence-electron chi connectivity index (χ0n) is 20.5. The Labute approximate surface area is 218 Å². The number of ether oxygens (including phenoxy) is 2. The van der Waals surface area contributed by atoms with E-state index in [1.807, 2.05) is 13.8 Å². The first-order valence-electron chi connectivity index (χ1n) is 11.3. The number of hydrogen-bond donors (Lipinski definition) is 0. The van der Waals surface area contributed by atoms with Crippen molar-refractivity contribution in [2.24, 2.45) is 11.8 Å². The first-order valence-corrected chi connectivity index (χ1v) is 11.3. The van der Waals surface area contributed by atoms with Gasteiger partial charge >= 0.3 is 39.2 Å². The molecule has 0 heterocycles. The third kappa shape index (κ3) is 26.4. The van der Waals surface area contributed by atoms with Crippen LogP contribution in [0.15, 0.2) is 24.3 Å². The molecule has 2 atom stereocenters. The van der Waals surface area contributed by atoms with Crippen LogP contribution in [0.5, 0.6) is 0 Å². The summed E-state index contributed by atoms with van der Waals surface area (Å²) in [5.74, 6) is -3.32. The van der Waals surface area contributed by atoms with E-state index in [0.29, 0.717) is 37.2 Å². The Morgan fingerprint density at radius 2 is 1.00 bits per heavy atom. The van der Waals surface area contributed by atoms with Crippen LogP contribution in [-0.2, 0) is 56.0 Å². The van der Waals surface area contributed by atoms with Gasteiger partial charge in [0.15, 0.2) is 0 Å². The van der Waals surface area contributed by atoms with Crippen LogP contribution in [-0.4, -0.2) is 37.1 Å². The van der Waals surface area contributed by atoms with Crippen LogP contribution in [0.25, 0.3) is 0 Å². The molecule has 0 aromatic rings. The third-order valence-corrected chi connectivity index (χ3v) is 4.72. The maximum absolute atomic E-state index is 11.0. The van der Waals surface area contributed by atoms with E-state index < -0.39 is 23.9 Å². The Hall–Kier alpha value is -1.72. The van der Waals surface area contributed by atoms with Gasteiger partial charge in [-0.1, -0.05) is 66.2 Å². The molecule has 0 spiro atoms. The van der Waals surface area contributed by atoms with Gasteiger partial charge < -0.3 is 29.3 Å². The summed E-state index contributed by atoms with van der Waals surface area (Å²) in [5, 5.41) is 20.1. The molecule has 2 unspecified atom stereocenters. The molecule has 0 rings (SSSR count). The predicted octanol–water partition coefficient (Wildman–Crippen LogP) is 2.10. The van der Waals surface area contributed by atoms with Crippen LogP contribution in [0.1, 0.15) is 79.1 Å². The van der Waals surface area contributed by atoms with E-state index >= 15 is 0 Å². The molecule has 9 heteroatoms. The van der Waals surface area contributed by atoms with Crippen molar-refractivity contribution in [3.8, 4) is 0 Å². The van der Waals surface area contributed by atoms with Crippen molar-refractivity contribution < 1.29 is 66.2 Å². The van der Waals surface area contributed by atoms with Gasteiger partial charge in [-0.3, -0.25) is 0 Å². The Balaban J connectivity index is -0.000000529. The molecule has 8 nitrogen and oxygen atoms in total. The van der Waals surface area contributed by atoms with Gasteiger partial charge in [0.1, 0.15) is 0 Å². The zero-order chi connectivity index (χ0) is 24.8. The molecule has 33 heavy (non-hydrogen) atoms. The average molecular weight is 567 g/mol. The van der Waals surface area contributed by atoms with Crippen molar-refractivity contribution in [3.05, 3.63) is 24.3 Å². The Morgan fingerprint density at radius 1 is 0.667 bits per heavy atom. The quantitative estimate of drug-likeness (QED) is 0.158. The molecule has 0 fully saturated rings. The van der Waals surface area contributed by atoms with Crippen LogP contribution < -0.4 is 10.2 Å². The van der Waals surface area contributed by atoms with Crippen molar-refractivity contribution in [2.45, 2.75) is 79.1 Å². The molecule has 0 aliphatic heterocycles. The molecule has 0 aromatic heterocycles. The number of carboxylic acid groups (broad SMARTS) is 2. The molecular weight excluding hydrogens is 529 g/mol. The normalized spacial score (nSPS) is 12.2. The Morgan fingerprint density at radius 3 is 1.24 bits per heavy atom. The van der Waals surface area contributed by atoms with E-state index in [0.717, 1.165) is 63.5 Å². The second-order valence-corrected chi connectivity index (χ2v) is 7.40. The standard InChI is InChI=1S/2C12H20O4.Cd/c2*1-3-5-6-10(4-2)9-16-12(15)8-7-11(13)14;/h2*7-8,10H,3-6,9H2,1-2H3,(H,13,14);/q;;+2/p-2/b2*8-7-;. The number of hydrogen-bond acceptors (Lipinski definition) is 8. The minimum absolute atomic E-state index is 0. The number of carbonyl (C=O) groups is 4. The second-order valence-electron chi connectivity index (χ2n) is 7.40. The molecule has 0 N–H and O–H groups in total. The van der Waals surface area contributed by atoms with E-state index in [1.165, 1.54) is 0 Å². The van der Waals surface area contributed by atoms with Gasteiger partial charge in [0.05, 0.1) is 25.2 Å². The maximum Gasteiger partial charge on any atom is 2.00 e. The number of rotatable bonds is 16. The Bertz CT molecular complexity index is 549. The second kappa shape index (κ2) is 24.9. The van der Waals surface area contributed by atoms with Crippen molar-refractivity contribution in [1.29, 1.82) is 0 Å². The summed E-state index contributed by atoms with van der Waals surface area (Å²) in [7, 11) is 0. The fraction of sp³-hybridized carbons (Fsp3) is 0.667. The largest absolute Gasteiger partial charge is 2.00 e. The summed E-state index contributed by atoms with van der Waals surface area (Å²) >= 11 is 0. The molecule has 0 bridgehead atoms.